The molecule has 1 aromatic rings. The molecular weight excluding hydrogens is 228 g/mol. The van der Waals surface area contributed by atoms with Crippen molar-refractivity contribution in [2.45, 2.75) is 32.7 Å². The minimum atomic E-state index is -0.359. The molecule has 0 bridgehead atoms. The lowest BCUT2D eigenvalue weighted by atomic mass is 10.1. The minimum absolute atomic E-state index is 0. The molecule has 0 unspecified atom stereocenters. The van der Waals surface area contributed by atoms with Crippen LogP contribution in [0.25, 0.3) is 0 Å². The minimum Gasteiger partial charge on any atom is -0.350 e. The van der Waals surface area contributed by atoms with Gasteiger partial charge in [-0.1, -0.05) is 0 Å². The first-order chi connectivity index (χ1) is 6.93. The van der Waals surface area contributed by atoms with E-state index in [1.165, 1.54) is 0 Å². The normalized spacial score (nSPS) is 10.8. The monoisotopic (exact) mass is 246 g/mol. The number of aryl methyl sites for hydroxylation is 1. The van der Waals surface area contributed by atoms with E-state index in [9.17, 15) is 4.79 Å². The summed E-state index contributed by atoms with van der Waals surface area (Å²) in [5.74, 6) is -0.0584. The fourth-order valence-electron chi connectivity index (χ4n) is 1.20. The summed E-state index contributed by atoms with van der Waals surface area (Å²) in [5.41, 5.74) is 6.86. The molecule has 1 heterocycles. The van der Waals surface area contributed by atoms with Gasteiger partial charge in [-0.25, -0.2) is 0 Å². The zero-order valence-electron chi connectivity index (χ0n) is 9.83. The maximum atomic E-state index is 11.6. The van der Waals surface area contributed by atoms with Gasteiger partial charge in [0.05, 0.1) is 12.1 Å². The van der Waals surface area contributed by atoms with Crippen LogP contribution in [-0.2, 0) is 11.2 Å². The van der Waals surface area contributed by atoms with E-state index in [0.717, 1.165) is 11.4 Å². The maximum Gasteiger partial charge on any atom is 0.226 e. The Kier molecular flexibility index (Phi) is 5.47. The van der Waals surface area contributed by atoms with Crippen molar-refractivity contribution in [2.24, 2.45) is 5.73 Å². The predicted octanol–water partition coefficient (Wildman–Crippen LogP) is 0.536. The van der Waals surface area contributed by atoms with Crippen LogP contribution in [0, 0.1) is 6.92 Å². The van der Waals surface area contributed by atoms with E-state index in [0.29, 0.717) is 6.54 Å². The van der Waals surface area contributed by atoms with Crippen LogP contribution in [0.3, 0.4) is 0 Å². The van der Waals surface area contributed by atoms with Crippen molar-refractivity contribution in [3.05, 3.63) is 17.5 Å². The van der Waals surface area contributed by atoms with Crippen LogP contribution in [0.1, 0.15) is 25.2 Å². The SMILES string of the molecule is Cc1cc(CC(=O)NC(C)(C)CN)n[nH]1.Cl. The summed E-state index contributed by atoms with van der Waals surface area (Å²) in [7, 11) is 0. The summed E-state index contributed by atoms with van der Waals surface area (Å²) in [6.45, 7) is 6.10. The number of hydrogen-bond acceptors (Lipinski definition) is 3. The Bertz CT molecular complexity index is 348. The van der Waals surface area contributed by atoms with E-state index < -0.39 is 0 Å². The van der Waals surface area contributed by atoms with Crippen molar-refractivity contribution < 1.29 is 4.79 Å². The second-order valence-corrected chi connectivity index (χ2v) is 4.36. The van der Waals surface area contributed by atoms with Gasteiger partial charge in [-0.15, -0.1) is 12.4 Å². The van der Waals surface area contributed by atoms with Crippen molar-refractivity contribution >= 4 is 18.3 Å². The molecule has 0 aromatic carbocycles. The lowest BCUT2D eigenvalue weighted by Crippen LogP contribution is -2.49. The van der Waals surface area contributed by atoms with Crippen molar-refractivity contribution in [1.82, 2.24) is 15.5 Å². The Morgan fingerprint density at radius 3 is 2.69 bits per heavy atom. The third kappa shape index (κ3) is 4.63. The number of aromatic nitrogens is 2. The molecule has 16 heavy (non-hydrogen) atoms. The molecule has 0 radical (unpaired) electrons. The molecule has 1 rings (SSSR count). The number of rotatable bonds is 4. The highest BCUT2D eigenvalue weighted by Gasteiger charge is 2.18. The van der Waals surface area contributed by atoms with Crippen LogP contribution in [-0.4, -0.2) is 28.2 Å². The first-order valence-corrected chi connectivity index (χ1v) is 4.95. The summed E-state index contributed by atoms with van der Waals surface area (Å²) < 4.78 is 0. The van der Waals surface area contributed by atoms with Gasteiger partial charge in [0, 0.05) is 17.8 Å². The number of aromatic amines is 1. The quantitative estimate of drug-likeness (QED) is 0.725. The fourth-order valence-corrected chi connectivity index (χ4v) is 1.20. The van der Waals surface area contributed by atoms with Crippen LogP contribution in [0.2, 0.25) is 0 Å². The second-order valence-electron chi connectivity index (χ2n) is 4.36. The van der Waals surface area contributed by atoms with Gasteiger partial charge in [0.1, 0.15) is 0 Å². The van der Waals surface area contributed by atoms with Crippen LogP contribution < -0.4 is 11.1 Å². The molecule has 0 aliphatic rings. The molecule has 0 atom stereocenters. The number of halogens is 1. The summed E-state index contributed by atoms with van der Waals surface area (Å²) in [6.07, 6.45) is 0.285. The summed E-state index contributed by atoms with van der Waals surface area (Å²) in [6, 6.07) is 1.86. The smallest absolute Gasteiger partial charge is 0.226 e. The number of carbonyl (C=O) groups excluding carboxylic acids is 1. The van der Waals surface area contributed by atoms with Gasteiger partial charge >= 0.3 is 0 Å². The van der Waals surface area contributed by atoms with E-state index in [2.05, 4.69) is 15.5 Å². The van der Waals surface area contributed by atoms with Gasteiger partial charge in [-0.2, -0.15) is 5.10 Å². The maximum absolute atomic E-state index is 11.6. The van der Waals surface area contributed by atoms with Crippen LogP contribution >= 0.6 is 12.4 Å². The Labute approximate surface area is 102 Å². The summed E-state index contributed by atoms with van der Waals surface area (Å²) >= 11 is 0. The molecule has 0 saturated carbocycles. The van der Waals surface area contributed by atoms with Crippen molar-refractivity contribution in [3.63, 3.8) is 0 Å². The highest BCUT2D eigenvalue weighted by Crippen LogP contribution is 2.02. The Hall–Kier alpha value is -1.07. The third-order valence-electron chi connectivity index (χ3n) is 2.09. The molecular formula is C10H19ClN4O. The molecule has 0 aliphatic carbocycles. The van der Waals surface area contributed by atoms with Gasteiger partial charge in [0.2, 0.25) is 5.91 Å². The first kappa shape index (κ1) is 14.9. The number of amides is 1. The zero-order valence-corrected chi connectivity index (χ0v) is 10.6. The molecule has 0 fully saturated rings. The highest BCUT2D eigenvalue weighted by atomic mass is 35.5. The average Bonchev–Trinajstić information content (AvgIpc) is 2.50. The van der Waals surface area contributed by atoms with E-state index >= 15 is 0 Å². The molecule has 4 N–H and O–H groups in total. The van der Waals surface area contributed by atoms with Gasteiger partial charge in [-0.3, -0.25) is 9.89 Å². The van der Waals surface area contributed by atoms with E-state index in [1.807, 2.05) is 26.8 Å². The van der Waals surface area contributed by atoms with Crippen LogP contribution in [0.5, 0.6) is 0 Å². The molecule has 6 heteroatoms. The van der Waals surface area contributed by atoms with Crippen LogP contribution in [0.4, 0.5) is 0 Å². The predicted molar refractivity (Wildman–Crippen MR) is 65.6 cm³/mol. The van der Waals surface area contributed by atoms with Crippen molar-refractivity contribution in [1.29, 1.82) is 0 Å². The highest BCUT2D eigenvalue weighted by molar-refractivity contribution is 5.85. The number of H-pyrrole nitrogens is 1. The number of carbonyl (C=O) groups is 1. The summed E-state index contributed by atoms with van der Waals surface area (Å²) in [4.78, 5) is 11.6. The van der Waals surface area contributed by atoms with Crippen molar-refractivity contribution in [3.8, 4) is 0 Å². The van der Waals surface area contributed by atoms with E-state index in [1.54, 1.807) is 0 Å². The van der Waals surface area contributed by atoms with E-state index in [4.69, 9.17) is 5.73 Å². The number of hydrogen-bond donors (Lipinski definition) is 3. The fraction of sp³-hybridized carbons (Fsp3) is 0.600. The zero-order chi connectivity index (χ0) is 11.5. The Morgan fingerprint density at radius 2 is 2.25 bits per heavy atom. The molecule has 0 spiro atoms. The lowest BCUT2D eigenvalue weighted by molar-refractivity contribution is -0.121. The third-order valence-corrected chi connectivity index (χ3v) is 2.09. The lowest BCUT2D eigenvalue weighted by Gasteiger charge is -2.23. The first-order valence-electron chi connectivity index (χ1n) is 4.95. The van der Waals surface area contributed by atoms with Crippen molar-refractivity contribution in [2.75, 3.05) is 6.54 Å². The molecule has 1 amide bonds. The second kappa shape index (κ2) is 5.86. The number of nitrogens with two attached hydrogens (primary N) is 1. The standard InChI is InChI=1S/C10H18N4O.ClH/c1-7-4-8(14-13-7)5-9(15)12-10(2,3)6-11;/h4H,5-6,11H2,1-3H3,(H,12,15)(H,13,14);1H. The molecule has 0 aliphatic heterocycles. The Morgan fingerprint density at radius 1 is 1.62 bits per heavy atom. The van der Waals surface area contributed by atoms with Gasteiger partial charge in [0.15, 0.2) is 0 Å². The topological polar surface area (TPSA) is 83.8 Å². The molecule has 5 nitrogen and oxygen atoms in total. The molecule has 92 valence electrons. The molecule has 1 aromatic heterocycles. The van der Waals surface area contributed by atoms with Gasteiger partial charge in [0.25, 0.3) is 0 Å². The van der Waals surface area contributed by atoms with Gasteiger partial charge in [-0.05, 0) is 26.8 Å². The Balaban J connectivity index is 0.00000225. The van der Waals surface area contributed by atoms with Gasteiger partial charge < -0.3 is 11.1 Å². The number of nitrogens with one attached hydrogen (secondary N) is 2. The number of nitrogens with zero attached hydrogens (tertiary/aromatic N) is 1. The largest absolute Gasteiger partial charge is 0.350 e. The van der Waals surface area contributed by atoms with E-state index in [-0.39, 0.29) is 30.3 Å². The van der Waals surface area contributed by atoms with Crippen LogP contribution in [0.15, 0.2) is 6.07 Å². The molecule has 0 saturated heterocycles. The average molecular weight is 247 g/mol. The summed E-state index contributed by atoms with van der Waals surface area (Å²) in [5, 5.41) is 9.64.